The van der Waals surface area contributed by atoms with Crippen molar-refractivity contribution in [2.24, 2.45) is 0 Å². The van der Waals surface area contributed by atoms with Crippen molar-refractivity contribution in [1.82, 2.24) is 9.55 Å². The number of aromatic amines is 1. The zero-order valence-electron chi connectivity index (χ0n) is 26.8. The van der Waals surface area contributed by atoms with Crippen molar-refractivity contribution in [2.75, 3.05) is 0 Å². The van der Waals surface area contributed by atoms with Gasteiger partial charge in [0.05, 0.1) is 16.4 Å². The normalized spacial score (nSPS) is 11.6. The molecule has 0 unspecified atom stereocenters. The van der Waals surface area contributed by atoms with E-state index in [2.05, 4.69) is 125 Å². The molecule has 5 heteroatoms. The first kappa shape index (κ1) is 29.2. The summed E-state index contributed by atoms with van der Waals surface area (Å²) in [6.07, 6.45) is 1.81. The van der Waals surface area contributed by atoms with Gasteiger partial charge in [-0.1, -0.05) is 115 Å². The molecule has 0 fully saturated rings. The number of rotatable bonds is 4. The molecule has 0 saturated carbocycles. The summed E-state index contributed by atoms with van der Waals surface area (Å²) < 4.78 is 2.24. The Morgan fingerprint density at radius 2 is 1.12 bits per heavy atom. The maximum absolute atomic E-state index is 12.7. The van der Waals surface area contributed by atoms with Crippen molar-refractivity contribution in [2.45, 2.75) is 0 Å². The number of fused-ring (bicyclic) bond motifs is 2. The Labute approximate surface area is 294 Å². The van der Waals surface area contributed by atoms with Gasteiger partial charge < -0.3 is 5.11 Å². The van der Waals surface area contributed by atoms with Crippen molar-refractivity contribution in [3.63, 3.8) is 0 Å². The molecule has 10 rings (SSSR count). The second-order valence-corrected chi connectivity index (χ2v) is 12.4. The van der Waals surface area contributed by atoms with Crippen molar-refractivity contribution in [1.29, 1.82) is 0 Å². The van der Waals surface area contributed by atoms with Crippen molar-refractivity contribution < 1.29 is 29.0 Å². The van der Waals surface area contributed by atoms with E-state index in [4.69, 9.17) is 4.98 Å². The van der Waals surface area contributed by atoms with E-state index in [0.717, 1.165) is 50.2 Å². The second-order valence-electron chi connectivity index (χ2n) is 12.4. The smallest absolute Gasteiger partial charge is 0.868 e. The molecule has 0 spiro atoms. The number of nitrogens with zero attached hydrogens (tertiary/aromatic N) is 2. The summed E-state index contributed by atoms with van der Waals surface area (Å²) in [5, 5.41) is 20.9. The fourth-order valence-electron chi connectivity index (χ4n) is 7.58. The molecule has 0 radical (unpaired) electrons. The van der Waals surface area contributed by atoms with Crippen LogP contribution in [0.1, 0.15) is 0 Å². The standard InChI is InChI=1S/C44H27N3O.Li/c48-40-25-24-34(37-9-6-26-45-43(37)40)33-21-17-29-18-22-35-32(20-16-28-19-23-36(33)42(29)41(28)35)27-12-14-30(15-13-27)44-46-38-10-4-5-11-39(38)47(44)31-7-2-1-3-8-31;/h1-26,48H;/q;+1. The van der Waals surface area contributed by atoms with E-state index in [-0.39, 0.29) is 24.6 Å². The molecule has 0 saturated heterocycles. The molecular weight excluding hydrogens is 593 g/mol. The van der Waals surface area contributed by atoms with Crippen LogP contribution >= 0.6 is 0 Å². The van der Waals surface area contributed by atoms with Gasteiger partial charge in [0, 0.05) is 17.3 Å². The SMILES string of the molecule is [Li+].[O-]c1ccc(-c2ccc3ccc4c(-c5ccc(-c6nc7ccccc7n6-c6ccccc6)cc5)ccc5ccc2c3c54)c2ccc[nH+]c12. The summed E-state index contributed by atoms with van der Waals surface area (Å²) in [5.41, 5.74) is 9.38. The summed E-state index contributed by atoms with van der Waals surface area (Å²) in [6, 6.07) is 53.0. The van der Waals surface area contributed by atoms with E-state index >= 15 is 0 Å². The number of hydrogen-bond donors (Lipinski definition) is 0. The van der Waals surface area contributed by atoms with Crippen LogP contribution in [0.25, 0.3) is 93.6 Å². The van der Waals surface area contributed by atoms with Gasteiger partial charge >= 0.3 is 18.9 Å². The van der Waals surface area contributed by atoms with Crippen LogP contribution in [0.5, 0.6) is 5.75 Å². The van der Waals surface area contributed by atoms with Crippen LogP contribution in [-0.4, -0.2) is 9.55 Å². The van der Waals surface area contributed by atoms with Gasteiger partial charge in [0.2, 0.25) is 5.52 Å². The van der Waals surface area contributed by atoms with Gasteiger partial charge in [0.25, 0.3) is 0 Å². The molecule has 49 heavy (non-hydrogen) atoms. The van der Waals surface area contributed by atoms with Crippen LogP contribution in [0.15, 0.2) is 158 Å². The number of nitrogens with one attached hydrogen (secondary N) is 1. The predicted octanol–water partition coefficient (Wildman–Crippen LogP) is 6.97. The topological polar surface area (TPSA) is 55.0 Å². The summed E-state index contributed by atoms with van der Waals surface area (Å²) in [4.78, 5) is 8.24. The second kappa shape index (κ2) is 11.4. The van der Waals surface area contributed by atoms with Gasteiger partial charge in [0.15, 0.2) is 6.20 Å². The van der Waals surface area contributed by atoms with Gasteiger partial charge in [-0.2, -0.15) is 0 Å². The van der Waals surface area contributed by atoms with E-state index in [1.54, 1.807) is 6.07 Å². The Bertz CT molecular complexity index is 2840. The first-order chi connectivity index (χ1) is 23.7. The van der Waals surface area contributed by atoms with Gasteiger partial charge in [-0.05, 0) is 90.7 Å². The number of imidazole rings is 1. The van der Waals surface area contributed by atoms with E-state index < -0.39 is 0 Å². The van der Waals surface area contributed by atoms with E-state index in [1.165, 1.54) is 37.9 Å². The molecule has 0 aliphatic rings. The molecular formula is C44H27LiN3O+. The first-order valence-electron chi connectivity index (χ1n) is 16.2. The zero-order chi connectivity index (χ0) is 31.8. The third-order valence-corrected chi connectivity index (χ3v) is 9.78. The van der Waals surface area contributed by atoms with Crippen LogP contribution in [0, 0.1) is 0 Å². The molecule has 0 amide bonds. The molecule has 0 bridgehead atoms. The van der Waals surface area contributed by atoms with Crippen LogP contribution < -0.4 is 29.0 Å². The number of H-pyrrole nitrogens is 1. The van der Waals surface area contributed by atoms with Crippen LogP contribution in [-0.2, 0) is 0 Å². The van der Waals surface area contributed by atoms with Gasteiger partial charge in [0.1, 0.15) is 5.82 Å². The van der Waals surface area contributed by atoms with Crippen LogP contribution in [0.4, 0.5) is 0 Å². The van der Waals surface area contributed by atoms with Crippen LogP contribution in [0.2, 0.25) is 0 Å². The Morgan fingerprint density at radius 1 is 0.510 bits per heavy atom. The Morgan fingerprint density at radius 3 is 1.90 bits per heavy atom. The molecule has 0 aliphatic heterocycles. The number of pyridine rings is 1. The minimum absolute atomic E-state index is 0. The Hall–Kier alpha value is -5.92. The quantitative estimate of drug-likeness (QED) is 0.158. The zero-order valence-corrected chi connectivity index (χ0v) is 26.8. The van der Waals surface area contributed by atoms with Crippen molar-refractivity contribution in [3.8, 4) is 45.1 Å². The first-order valence-corrected chi connectivity index (χ1v) is 16.2. The molecule has 2 aromatic heterocycles. The number of para-hydroxylation sites is 3. The van der Waals surface area contributed by atoms with Crippen molar-refractivity contribution in [3.05, 3.63) is 158 Å². The monoisotopic (exact) mass is 620 g/mol. The minimum atomic E-state index is 0. The Kier molecular flexibility index (Phi) is 6.77. The molecule has 10 aromatic rings. The maximum Gasteiger partial charge on any atom is 1.00 e. The molecule has 2 heterocycles. The predicted molar refractivity (Wildman–Crippen MR) is 195 cm³/mol. The fraction of sp³-hybridized carbons (Fsp3) is 0. The van der Waals surface area contributed by atoms with Gasteiger partial charge in [-0.3, -0.25) is 4.57 Å². The van der Waals surface area contributed by atoms with E-state index in [1.807, 2.05) is 36.5 Å². The Balaban J connectivity index is 0.00000325. The fourth-order valence-corrected chi connectivity index (χ4v) is 7.58. The molecule has 0 aliphatic carbocycles. The van der Waals surface area contributed by atoms with Gasteiger partial charge in [-0.15, -0.1) is 0 Å². The third kappa shape index (κ3) is 4.46. The largest absolute Gasteiger partial charge is 1.00 e. The van der Waals surface area contributed by atoms with Gasteiger partial charge in [-0.25, -0.2) is 9.97 Å². The van der Waals surface area contributed by atoms with Crippen LogP contribution in [0.3, 0.4) is 0 Å². The average molecular weight is 621 g/mol. The van der Waals surface area contributed by atoms with E-state index in [9.17, 15) is 5.11 Å². The third-order valence-electron chi connectivity index (χ3n) is 9.78. The summed E-state index contributed by atoms with van der Waals surface area (Å²) in [7, 11) is 0. The van der Waals surface area contributed by atoms with Crippen molar-refractivity contribution >= 4 is 54.3 Å². The number of benzene rings is 8. The molecule has 224 valence electrons. The molecule has 1 N–H and O–H groups in total. The number of hydrogen-bond acceptors (Lipinski definition) is 2. The molecule has 4 nitrogen and oxygen atoms in total. The molecule has 0 atom stereocenters. The number of aromatic nitrogens is 3. The molecule has 8 aromatic carbocycles. The summed E-state index contributed by atoms with van der Waals surface area (Å²) >= 11 is 0. The average Bonchev–Trinajstić information content (AvgIpc) is 3.54. The summed E-state index contributed by atoms with van der Waals surface area (Å²) in [5.74, 6) is 0.923. The minimum Gasteiger partial charge on any atom is -0.868 e. The maximum atomic E-state index is 12.7. The van der Waals surface area contributed by atoms with E-state index in [0.29, 0.717) is 5.52 Å². The summed E-state index contributed by atoms with van der Waals surface area (Å²) in [6.45, 7) is 0.